The first-order valence-corrected chi connectivity index (χ1v) is 8.61. The van der Waals surface area contributed by atoms with E-state index in [1.54, 1.807) is 0 Å². The van der Waals surface area contributed by atoms with Gasteiger partial charge in [0.1, 0.15) is 0 Å². The van der Waals surface area contributed by atoms with Crippen LogP contribution >= 0.6 is 35.6 Å². The second-order valence-electron chi connectivity index (χ2n) is 5.62. The predicted molar refractivity (Wildman–Crippen MR) is 110 cm³/mol. The number of halogens is 2. The molecule has 2 N–H and O–H groups in total. The topological polar surface area (TPSA) is 56.7 Å². The van der Waals surface area contributed by atoms with E-state index in [2.05, 4.69) is 15.6 Å². The first-order valence-electron chi connectivity index (χ1n) is 8.23. The fraction of sp³-hybridized carbons (Fsp3) is 0.529. The average Bonchev–Trinajstić information content (AvgIpc) is 2.59. The summed E-state index contributed by atoms with van der Waals surface area (Å²) >= 11 is 5.88. The lowest BCUT2D eigenvalue weighted by Crippen LogP contribution is -2.46. The Kier molecular flexibility index (Phi) is 10.1. The van der Waals surface area contributed by atoms with Gasteiger partial charge in [-0.3, -0.25) is 4.79 Å². The van der Waals surface area contributed by atoms with Gasteiger partial charge in [-0.15, -0.1) is 24.0 Å². The molecule has 0 unspecified atom stereocenters. The van der Waals surface area contributed by atoms with E-state index in [0.717, 1.165) is 43.1 Å². The molecule has 2 rings (SSSR count). The fourth-order valence-corrected chi connectivity index (χ4v) is 2.64. The van der Waals surface area contributed by atoms with Crippen LogP contribution in [-0.4, -0.2) is 42.9 Å². The molecule has 1 aliphatic rings. The number of carbonyl (C=O) groups excluding carboxylic acids is 1. The molecule has 5 nitrogen and oxygen atoms in total. The quantitative estimate of drug-likeness (QED) is 0.400. The number of rotatable bonds is 5. The number of piperidine rings is 1. The van der Waals surface area contributed by atoms with Crippen LogP contribution in [0.1, 0.15) is 31.7 Å². The monoisotopic (exact) mass is 464 g/mol. The maximum absolute atomic E-state index is 12.2. The Morgan fingerprint density at radius 2 is 1.83 bits per heavy atom. The first-order chi connectivity index (χ1) is 11.2. The standard InChI is InChI=1S/C17H25ClN4O.HI/c1-2-19-17(20-12-14-6-8-15(18)9-7-14)21-13-16(23)22-10-4-3-5-11-22;/h6-9H,2-5,10-13H2,1H3,(H2,19,20,21);1H. The highest BCUT2D eigenvalue weighted by atomic mass is 127. The van der Waals surface area contributed by atoms with Crippen LogP contribution in [0.5, 0.6) is 0 Å². The second kappa shape index (κ2) is 11.5. The molecule has 1 aromatic rings. The van der Waals surface area contributed by atoms with Crippen LogP contribution in [-0.2, 0) is 11.3 Å². The molecule has 0 saturated carbocycles. The fourth-order valence-electron chi connectivity index (χ4n) is 2.52. The summed E-state index contributed by atoms with van der Waals surface area (Å²) in [6.07, 6.45) is 3.44. The Balaban J connectivity index is 0.00000288. The third-order valence-electron chi connectivity index (χ3n) is 3.79. The second-order valence-corrected chi connectivity index (χ2v) is 6.05. The van der Waals surface area contributed by atoms with Gasteiger partial charge in [-0.05, 0) is 43.9 Å². The normalized spacial score (nSPS) is 14.8. The summed E-state index contributed by atoms with van der Waals surface area (Å²) in [4.78, 5) is 18.6. The van der Waals surface area contributed by atoms with Crippen LogP contribution in [0.25, 0.3) is 0 Å². The summed E-state index contributed by atoms with van der Waals surface area (Å²) in [5.74, 6) is 0.801. The lowest BCUT2D eigenvalue weighted by molar-refractivity contribution is -0.130. The number of hydrogen-bond acceptors (Lipinski definition) is 2. The molecule has 1 amide bonds. The highest BCUT2D eigenvalue weighted by Gasteiger charge is 2.16. The molecule has 1 heterocycles. The van der Waals surface area contributed by atoms with Crippen molar-refractivity contribution in [2.24, 2.45) is 4.99 Å². The molecule has 0 aliphatic carbocycles. The van der Waals surface area contributed by atoms with E-state index in [1.165, 1.54) is 6.42 Å². The van der Waals surface area contributed by atoms with Crippen molar-refractivity contribution in [1.29, 1.82) is 0 Å². The summed E-state index contributed by atoms with van der Waals surface area (Å²) in [5, 5.41) is 7.00. The van der Waals surface area contributed by atoms with Gasteiger partial charge in [-0.2, -0.15) is 0 Å². The van der Waals surface area contributed by atoms with Crippen LogP contribution in [0.4, 0.5) is 0 Å². The number of nitrogens with one attached hydrogen (secondary N) is 2. The molecule has 134 valence electrons. The van der Waals surface area contributed by atoms with Gasteiger partial charge < -0.3 is 15.5 Å². The highest BCUT2D eigenvalue weighted by molar-refractivity contribution is 14.0. The molecular formula is C17H26ClIN4O. The SMILES string of the molecule is CCNC(=NCc1ccc(Cl)cc1)NCC(=O)N1CCCCC1.I. The number of carbonyl (C=O) groups is 1. The molecule has 1 fully saturated rings. The van der Waals surface area contributed by atoms with Crippen LogP contribution in [0.2, 0.25) is 5.02 Å². The number of amides is 1. The zero-order chi connectivity index (χ0) is 16.5. The number of likely N-dealkylation sites (tertiary alicyclic amines) is 1. The Bertz CT molecular complexity index is 530. The number of hydrogen-bond donors (Lipinski definition) is 2. The van der Waals surface area contributed by atoms with E-state index in [-0.39, 0.29) is 36.4 Å². The lowest BCUT2D eigenvalue weighted by atomic mass is 10.1. The minimum atomic E-state index is 0. The van der Waals surface area contributed by atoms with Crippen LogP contribution < -0.4 is 10.6 Å². The van der Waals surface area contributed by atoms with Gasteiger partial charge in [0.25, 0.3) is 0 Å². The largest absolute Gasteiger partial charge is 0.357 e. The molecule has 24 heavy (non-hydrogen) atoms. The van der Waals surface area contributed by atoms with Gasteiger partial charge in [0.2, 0.25) is 5.91 Å². The van der Waals surface area contributed by atoms with Crippen molar-refractivity contribution in [1.82, 2.24) is 15.5 Å². The average molecular weight is 465 g/mol. The molecule has 0 radical (unpaired) electrons. The van der Waals surface area contributed by atoms with Crippen LogP contribution in [0.3, 0.4) is 0 Å². The Morgan fingerprint density at radius 1 is 1.17 bits per heavy atom. The van der Waals surface area contributed by atoms with E-state index in [0.29, 0.717) is 12.5 Å². The van der Waals surface area contributed by atoms with Crippen LogP contribution in [0.15, 0.2) is 29.3 Å². The summed E-state index contributed by atoms with van der Waals surface area (Å²) in [6.45, 7) is 5.34. The number of benzene rings is 1. The van der Waals surface area contributed by atoms with Crippen LogP contribution in [0, 0.1) is 0 Å². The third kappa shape index (κ3) is 7.25. The summed E-state index contributed by atoms with van der Waals surface area (Å²) in [7, 11) is 0. The predicted octanol–water partition coefficient (Wildman–Crippen LogP) is 3.03. The van der Waals surface area contributed by atoms with Gasteiger partial charge in [0.15, 0.2) is 5.96 Å². The Hall–Kier alpha value is -1.02. The van der Waals surface area contributed by atoms with Gasteiger partial charge in [-0.25, -0.2) is 4.99 Å². The Morgan fingerprint density at radius 3 is 2.46 bits per heavy atom. The number of aliphatic imine (C=N–C) groups is 1. The first kappa shape index (κ1) is 21.0. The molecule has 1 aromatic carbocycles. The van der Waals surface area contributed by atoms with E-state index < -0.39 is 0 Å². The molecule has 0 aromatic heterocycles. The van der Waals surface area contributed by atoms with Gasteiger partial charge in [0.05, 0.1) is 13.1 Å². The molecule has 1 aliphatic heterocycles. The van der Waals surface area contributed by atoms with Crippen molar-refractivity contribution in [2.75, 3.05) is 26.2 Å². The molecule has 0 spiro atoms. The molecular weight excluding hydrogens is 439 g/mol. The number of guanidine groups is 1. The number of nitrogens with zero attached hydrogens (tertiary/aromatic N) is 2. The summed E-state index contributed by atoms with van der Waals surface area (Å²) in [5.41, 5.74) is 1.08. The van der Waals surface area contributed by atoms with Gasteiger partial charge in [0, 0.05) is 24.7 Å². The minimum Gasteiger partial charge on any atom is -0.357 e. The smallest absolute Gasteiger partial charge is 0.241 e. The highest BCUT2D eigenvalue weighted by Crippen LogP contribution is 2.10. The van der Waals surface area contributed by atoms with Crippen molar-refractivity contribution in [3.8, 4) is 0 Å². The van der Waals surface area contributed by atoms with Crippen molar-refractivity contribution in [2.45, 2.75) is 32.7 Å². The summed E-state index contributed by atoms with van der Waals surface area (Å²) in [6, 6.07) is 7.61. The lowest BCUT2D eigenvalue weighted by Gasteiger charge is -2.27. The summed E-state index contributed by atoms with van der Waals surface area (Å²) < 4.78 is 0. The van der Waals surface area contributed by atoms with Crippen molar-refractivity contribution in [3.63, 3.8) is 0 Å². The minimum absolute atomic E-state index is 0. The Labute approximate surface area is 166 Å². The zero-order valence-electron chi connectivity index (χ0n) is 14.1. The zero-order valence-corrected chi connectivity index (χ0v) is 17.1. The van der Waals surface area contributed by atoms with E-state index >= 15 is 0 Å². The van der Waals surface area contributed by atoms with Gasteiger partial charge in [-0.1, -0.05) is 23.7 Å². The van der Waals surface area contributed by atoms with E-state index in [9.17, 15) is 4.79 Å². The van der Waals surface area contributed by atoms with E-state index in [4.69, 9.17) is 11.6 Å². The maximum Gasteiger partial charge on any atom is 0.241 e. The molecule has 0 atom stereocenters. The maximum atomic E-state index is 12.2. The van der Waals surface area contributed by atoms with Crippen molar-refractivity contribution < 1.29 is 4.79 Å². The van der Waals surface area contributed by atoms with Gasteiger partial charge >= 0.3 is 0 Å². The molecule has 0 bridgehead atoms. The molecule has 1 saturated heterocycles. The molecule has 7 heteroatoms. The van der Waals surface area contributed by atoms with E-state index in [1.807, 2.05) is 36.1 Å². The van der Waals surface area contributed by atoms with Crippen molar-refractivity contribution in [3.05, 3.63) is 34.9 Å². The van der Waals surface area contributed by atoms with Crippen molar-refractivity contribution >= 4 is 47.4 Å². The third-order valence-corrected chi connectivity index (χ3v) is 4.05.